The van der Waals surface area contributed by atoms with Gasteiger partial charge >= 0.3 is 11.9 Å². The monoisotopic (exact) mass is 1180 g/mol. The maximum absolute atomic E-state index is 14.4. The number of carbonyl (C=O) groups is 3. The van der Waals surface area contributed by atoms with Crippen molar-refractivity contribution in [3.8, 4) is 0 Å². The normalized spacial score (nSPS) is 46.9. The fourth-order valence-corrected chi connectivity index (χ4v) is 14.3. The summed E-state index contributed by atoms with van der Waals surface area (Å²) in [5.74, 6) is -8.93. The van der Waals surface area contributed by atoms with Gasteiger partial charge in [-0.3, -0.25) is 14.4 Å². The maximum Gasteiger partial charge on any atom is 0.308 e. The second kappa shape index (κ2) is 26.9. The summed E-state index contributed by atoms with van der Waals surface area (Å²) in [6, 6.07) is 0. The van der Waals surface area contributed by atoms with Crippen LogP contribution < -0.4 is 0 Å². The zero-order chi connectivity index (χ0) is 59.6. The largest absolute Gasteiger partial charge is 0.462 e. The van der Waals surface area contributed by atoms with E-state index in [0.717, 1.165) is 5.57 Å². The Balaban J connectivity index is 1.10. The van der Waals surface area contributed by atoms with Crippen LogP contribution in [0.25, 0.3) is 0 Å². The van der Waals surface area contributed by atoms with E-state index < -0.39 is 157 Å². The summed E-state index contributed by atoms with van der Waals surface area (Å²) in [7, 11) is 1.61. The van der Waals surface area contributed by atoms with Gasteiger partial charge in [-0.25, -0.2) is 0 Å². The van der Waals surface area contributed by atoms with Crippen LogP contribution in [-0.4, -0.2) is 188 Å². The lowest BCUT2D eigenvalue weighted by atomic mass is 9.78. The molecule has 462 valence electrons. The van der Waals surface area contributed by atoms with E-state index in [1.807, 2.05) is 32.1 Å². The third-order valence-electron chi connectivity index (χ3n) is 18.3. The minimum atomic E-state index is -2.39. The molecule has 0 aromatic rings. The molecule has 12 bridgehead atoms. The SMILES string of the molecule is C=C(Cl)/C=C/[C@@H](O)CC(=C)C[C@H]1O[C@@H]2[C@H](C)[C@@H](OC(=O)C[C@H]3C[C@H](OC(C)=O)C[C@@]4(C[C@@](C)(O)C[C@H](/C=C5\CO[C@@H]([C@@H]5C)[C@@H](C)C(=O)C[C@@H]5C[C@H](OC)C[C@@]6(C[C@@H](O)C[C@H](/C=C\CCC[C@H]7O[C@](O)(C[C@H](O)[C@H]7C)[C@H]2O)O6)O5)O4)O3)[C@@H]1O. The lowest BCUT2D eigenvalue weighted by molar-refractivity contribution is -0.350. The Morgan fingerprint density at radius 3 is 2.27 bits per heavy atom. The highest BCUT2D eigenvalue weighted by Gasteiger charge is 2.58. The predicted octanol–water partition coefficient (Wildman–Crippen LogP) is 5.36. The average Bonchev–Trinajstić information content (AvgIpc) is 2.37. The van der Waals surface area contributed by atoms with Crippen LogP contribution in [0.5, 0.6) is 0 Å². The molecule has 2 spiro atoms. The van der Waals surface area contributed by atoms with Gasteiger partial charge in [0.15, 0.2) is 17.4 Å². The molecule has 0 saturated carbocycles. The van der Waals surface area contributed by atoms with Crippen LogP contribution in [0, 0.1) is 23.7 Å². The molecule has 0 aromatic heterocycles. The maximum atomic E-state index is 14.4. The molecule has 0 unspecified atom stereocenters. The van der Waals surface area contributed by atoms with Gasteiger partial charge in [0.25, 0.3) is 0 Å². The van der Waals surface area contributed by atoms with Gasteiger partial charge in [0.05, 0.1) is 91.9 Å². The summed E-state index contributed by atoms with van der Waals surface area (Å²) in [6.45, 7) is 18.1. The van der Waals surface area contributed by atoms with Crippen LogP contribution in [-0.2, 0) is 61.8 Å². The summed E-state index contributed by atoms with van der Waals surface area (Å²) >= 11 is 5.89. The number of hydrogen-bond donors (Lipinski definition) is 7. The van der Waals surface area contributed by atoms with Crippen LogP contribution in [0.2, 0.25) is 0 Å². The van der Waals surface area contributed by atoms with Gasteiger partial charge in [0.1, 0.15) is 30.2 Å². The average molecular weight is 1180 g/mol. The second-order valence-electron chi connectivity index (χ2n) is 25.4. The Morgan fingerprint density at radius 1 is 0.854 bits per heavy atom. The van der Waals surface area contributed by atoms with Gasteiger partial charge in [0, 0.05) is 107 Å². The number of methoxy groups -OCH3 is 1. The molecule has 0 amide bonds. The Labute approximate surface area is 487 Å². The molecule has 0 aromatic carbocycles. The van der Waals surface area contributed by atoms with E-state index in [0.29, 0.717) is 44.1 Å². The second-order valence-corrected chi connectivity index (χ2v) is 25.9. The molecule has 24 atom stereocenters. The minimum Gasteiger partial charge on any atom is -0.462 e. The minimum absolute atomic E-state index is 0.0131. The van der Waals surface area contributed by atoms with Crippen molar-refractivity contribution in [1.82, 2.24) is 0 Å². The molecule has 7 fully saturated rings. The van der Waals surface area contributed by atoms with Crippen molar-refractivity contribution in [1.29, 1.82) is 0 Å². The van der Waals surface area contributed by atoms with E-state index in [2.05, 4.69) is 13.2 Å². The molecular weight excluding hydrogens is 1090 g/mol. The van der Waals surface area contributed by atoms with E-state index in [1.54, 1.807) is 27.9 Å². The molecule has 8 aliphatic rings. The van der Waals surface area contributed by atoms with Crippen molar-refractivity contribution >= 4 is 29.3 Å². The predicted molar refractivity (Wildman–Crippen MR) is 296 cm³/mol. The van der Waals surface area contributed by atoms with E-state index in [1.165, 1.54) is 19.1 Å². The lowest BCUT2D eigenvalue weighted by Crippen LogP contribution is -2.65. The van der Waals surface area contributed by atoms with Crippen molar-refractivity contribution in [3.05, 3.63) is 59.7 Å². The standard InChI is InChI=1S/C61H91ClO20/c1-32(17-40(64)16-15-33(2)62)18-51-53(69)55-37(6)56(76-51)57(70)61(72)29-49(67)35(4)50(82-61)14-12-10-11-13-42-20-41(65)25-59(78-42)27-45(73-9)21-43(79-59)23-48(66)36(5)54-34(3)39(30-74-54)19-47-26-58(8,71)31-60(81-47)28-46(75-38(7)63)22-44(80-60)24-52(68)77-55/h11,13,15-16,19,34-37,40-47,49-51,53-57,64-65,67,69-72H,1-2,10,12,14,17-18,20-31H2,3-9H3/b13-11-,16-15+,39-19+/t34-,35-,36+,37-,40-,41+,42+,43+,44-,45+,46+,47+,49+,50-,51-,53-,54+,55-,56-,57+,58+,59-,60-,61-/m1/s1. The van der Waals surface area contributed by atoms with Gasteiger partial charge in [-0.1, -0.05) is 82.3 Å². The molecule has 82 heavy (non-hydrogen) atoms. The highest BCUT2D eigenvalue weighted by molar-refractivity contribution is 6.30. The van der Waals surface area contributed by atoms with E-state index in [-0.39, 0.29) is 80.8 Å². The molecule has 7 saturated heterocycles. The van der Waals surface area contributed by atoms with Gasteiger partial charge in [-0.15, -0.1) is 0 Å². The first-order valence-corrected chi connectivity index (χ1v) is 29.9. The summed E-state index contributed by atoms with van der Waals surface area (Å²) in [6.07, 6.45) is -4.89. The number of fused-ring (bicyclic) bond motifs is 10. The number of halogens is 1. The van der Waals surface area contributed by atoms with Gasteiger partial charge in [-0.2, -0.15) is 0 Å². The molecule has 8 rings (SSSR count). The van der Waals surface area contributed by atoms with Crippen LogP contribution >= 0.6 is 11.6 Å². The lowest BCUT2D eigenvalue weighted by Gasteiger charge is -2.51. The van der Waals surface area contributed by atoms with E-state index >= 15 is 0 Å². The summed E-state index contributed by atoms with van der Waals surface area (Å²) in [5.41, 5.74) is -0.103. The zero-order valence-electron chi connectivity index (χ0n) is 48.7. The number of ether oxygens (including phenoxy) is 10. The number of aliphatic hydroxyl groups is 7. The first kappa shape index (κ1) is 65.0. The van der Waals surface area contributed by atoms with E-state index in [4.69, 9.17) is 59.0 Å². The molecule has 20 nitrogen and oxygen atoms in total. The molecular formula is C61H91ClO20. The van der Waals surface area contributed by atoms with Crippen LogP contribution in [0.15, 0.2) is 59.7 Å². The molecule has 8 aliphatic heterocycles. The number of rotatable bonds is 8. The third kappa shape index (κ3) is 15.9. The number of allylic oxidation sites excluding steroid dienone is 3. The number of aliphatic hydroxyl groups excluding tert-OH is 5. The van der Waals surface area contributed by atoms with Crippen molar-refractivity contribution < 1.29 is 97.5 Å². The Kier molecular flexibility index (Phi) is 21.4. The highest BCUT2D eigenvalue weighted by Crippen LogP contribution is 2.48. The zero-order valence-corrected chi connectivity index (χ0v) is 49.4. The molecule has 0 aliphatic carbocycles. The van der Waals surface area contributed by atoms with Crippen LogP contribution in [0.1, 0.15) is 144 Å². The third-order valence-corrected chi connectivity index (χ3v) is 18.4. The van der Waals surface area contributed by atoms with E-state index in [9.17, 15) is 50.1 Å². The van der Waals surface area contributed by atoms with Crippen molar-refractivity contribution in [2.45, 2.75) is 265 Å². The van der Waals surface area contributed by atoms with Crippen LogP contribution in [0.3, 0.4) is 0 Å². The fourth-order valence-electron chi connectivity index (χ4n) is 14.2. The number of hydrogen-bond acceptors (Lipinski definition) is 20. The Morgan fingerprint density at radius 2 is 1.55 bits per heavy atom. The molecule has 21 heteroatoms. The Hall–Kier alpha value is -3.00. The highest BCUT2D eigenvalue weighted by atomic mass is 35.5. The molecule has 7 N–H and O–H groups in total. The summed E-state index contributed by atoms with van der Waals surface area (Å²) in [5, 5.41) is 82.5. The summed E-state index contributed by atoms with van der Waals surface area (Å²) < 4.78 is 63.9. The molecule has 8 heterocycles. The van der Waals surface area contributed by atoms with Gasteiger partial charge in [0.2, 0.25) is 0 Å². The van der Waals surface area contributed by atoms with Gasteiger partial charge < -0.3 is 83.1 Å². The number of esters is 2. The first-order chi connectivity index (χ1) is 38.6. The quantitative estimate of drug-likeness (QED) is 0.0915. The Bertz CT molecular complexity index is 2360. The van der Waals surface area contributed by atoms with Crippen LogP contribution in [0.4, 0.5) is 0 Å². The van der Waals surface area contributed by atoms with Crippen molar-refractivity contribution in [2.24, 2.45) is 23.7 Å². The first-order valence-electron chi connectivity index (χ1n) is 29.6. The van der Waals surface area contributed by atoms with Crippen molar-refractivity contribution in [2.75, 3.05) is 13.7 Å². The van der Waals surface area contributed by atoms with Gasteiger partial charge in [-0.05, 0) is 50.7 Å². The fraction of sp³-hybridized carbons (Fsp3) is 0.787. The number of Topliss-reactive ketones (excluding diaryl/α,β-unsaturated/α-hetero) is 1. The number of carbonyl (C=O) groups excluding carboxylic acids is 3. The van der Waals surface area contributed by atoms with Crippen molar-refractivity contribution in [3.63, 3.8) is 0 Å². The summed E-state index contributed by atoms with van der Waals surface area (Å²) in [4.78, 5) is 41.2. The topological polar surface area (TPSA) is 285 Å². The number of ketones is 1. The smallest absolute Gasteiger partial charge is 0.308 e. The molecule has 0 radical (unpaired) electrons.